The molecule has 0 spiro atoms. The molecule has 98 valence electrons. The molecular formula is C13H20N4S. The first-order valence-electron chi connectivity index (χ1n) is 6.60. The van der Waals surface area contributed by atoms with Gasteiger partial charge in [0.2, 0.25) is 0 Å². The summed E-state index contributed by atoms with van der Waals surface area (Å²) in [5.41, 5.74) is 7.05. The lowest BCUT2D eigenvalue weighted by Crippen LogP contribution is -2.23. The van der Waals surface area contributed by atoms with Crippen molar-refractivity contribution < 1.29 is 0 Å². The first kappa shape index (κ1) is 12.0. The Balaban J connectivity index is 1.92. The smallest absolute Gasteiger partial charge is 0.195 e. The number of anilines is 1. The van der Waals surface area contributed by atoms with Gasteiger partial charge < -0.3 is 10.6 Å². The Hall–Kier alpha value is -1.07. The van der Waals surface area contributed by atoms with Crippen molar-refractivity contribution in [2.75, 3.05) is 18.0 Å². The largest absolute Gasteiger partial charge is 0.355 e. The van der Waals surface area contributed by atoms with E-state index >= 15 is 0 Å². The van der Waals surface area contributed by atoms with Gasteiger partial charge in [-0.3, -0.25) is 4.40 Å². The van der Waals surface area contributed by atoms with Gasteiger partial charge in [-0.25, -0.2) is 4.98 Å². The third kappa shape index (κ3) is 1.82. The Morgan fingerprint density at radius 3 is 3.06 bits per heavy atom. The van der Waals surface area contributed by atoms with Gasteiger partial charge in [-0.15, -0.1) is 11.3 Å². The lowest BCUT2D eigenvalue weighted by Gasteiger charge is -2.18. The third-order valence-corrected chi connectivity index (χ3v) is 4.76. The fourth-order valence-electron chi connectivity index (χ4n) is 2.79. The Bertz CT molecular complexity index is 542. The molecule has 2 aromatic rings. The maximum atomic E-state index is 5.90. The molecule has 1 aliphatic heterocycles. The van der Waals surface area contributed by atoms with E-state index < -0.39 is 0 Å². The van der Waals surface area contributed by atoms with Crippen LogP contribution in [0, 0.1) is 11.8 Å². The van der Waals surface area contributed by atoms with E-state index in [1.54, 1.807) is 11.3 Å². The average Bonchev–Trinajstić information content (AvgIpc) is 3.02. The SMILES string of the molecule is CC(C)C1CCN(c2nc3sccn3c2CN)C1. The topological polar surface area (TPSA) is 46.6 Å². The van der Waals surface area contributed by atoms with Crippen molar-refractivity contribution >= 4 is 22.1 Å². The molecule has 0 saturated carbocycles. The molecule has 1 aliphatic rings. The molecular weight excluding hydrogens is 244 g/mol. The Morgan fingerprint density at radius 1 is 1.56 bits per heavy atom. The fourth-order valence-corrected chi connectivity index (χ4v) is 3.52. The second-order valence-corrected chi connectivity index (χ2v) is 6.25. The van der Waals surface area contributed by atoms with Crippen molar-refractivity contribution in [3.63, 3.8) is 0 Å². The summed E-state index contributed by atoms with van der Waals surface area (Å²) in [4.78, 5) is 8.21. The van der Waals surface area contributed by atoms with Crippen molar-refractivity contribution in [3.8, 4) is 0 Å². The minimum Gasteiger partial charge on any atom is -0.355 e. The van der Waals surface area contributed by atoms with Gasteiger partial charge in [-0.2, -0.15) is 0 Å². The first-order valence-corrected chi connectivity index (χ1v) is 7.48. The average molecular weight is 264 g/mol. The zero-order valence-corrected chi connectivity index (χ0v) is 11.8. The summed E-state index contributed by atoms with van der Waals surface area (Å²) in [6.07, 6.45) is 3.33. The standard InChI is InChI=1S/C13H20N4S/c1-9(2)10-3-4-16(8-10)12-11(7-14)17-5-6-18-13(17)15-12/h5-6,9-10H,3-4,7-8,14H2,1-2H3. The summed E-state index contributed by atoms with van der Waals surface area (Å²) < 4.78 is 2.13. The predicted octanol–water partition coefficient (Wildman–Crippen LogP) is 2.34. The van der Waals surface area contributed by atoms with Crippen molar-refractivity contribution in [2.24, 2.45) is 17.6 Å². The molecule has 2 N–H and O–H groups in total. The molecule has 0 aromatic carbocycles. The molecule has 1 unspecified atom stereocenters. The maximum absolute atomic E-state index is 5.90. The van der Waals surface area contributed by atoms with E-state index in [0.29, 0.717) is 6.54 Å². The molecule has 5 heteroatoms. The van der Waals surface area contributed by atoms with Crippen LogP contribution in [0.15, 0.2) is 11.6 Å². The molecule has 2 aromatic heterocycles. The van der Waals surface area contributed by atoms with Gasteiger partial charge in [-0.05, 0) is 18.3 Å². The molecule has 1 saturated heterocycles. The lowest BCUT2D eigenvalue weighted by atomic mass is 9.95. The number of nitrogens with two attached hydrogens (primary N) is 1. The molecule has 4 nitrogen and oxygen atoms in total. The number of hydrogen-bond donors (Lipinski definition) is 1. The highest BCUT2D eigenvalue weighted by Gasteiger charge is 2.28. The normalized spacial score (nSPS) is 20.4. The molecule has 0 aliphatic carbocycles. The number of aromatic nitrogens is 2. The van der Waals surface area contributed by atoms with E-state index in [-0.39, 0.29) is 0 Å². The van der Waals surface area contributed by atoms with Gasteiger partial charge >= 0.3 is 0 Å². The summed E-state index contributed by atoms with van der Waals surface area (Å²) in [5, 5.41) is 2.06. The van der Waals surface area contributed by atoms with Crippen LogP contribution in [0.5, 0.6) is 0 Å². The molecule has 18 heavy (non-hydrogen) atoms. The van der Waals surface area contributed by atoms with Crippen LogP contribution in [-0.2, 0) is 6.54 Å². The van der Waals surface area contributed by atoms with Crippen LogP contribution in [0.1, 0.15) is 26.0 Å². The van der Waals surface area contributed by atoms with Crippen LogP contribution >= 0.6 is 11.3 Å². The van der Waals surface area contributed by atoms with E-state index in [2.05, 4.69) is 34.7 Å². The second kappa shape index (κ2) is 4.55. The van der Waals surface area contributed by atoms with E-state index in [9.17, 15) is 0 Å². The van der Waals surface area contributed by atoms with Gasteiger partial charge in [0.15, 0.2) is 10.8 Å². The number of rotatable bonds is 3. The first-order chi connectivity index (χ1) is 8.70. The Kier molecular flexibility index (Phi) is 3.03. The molecule has 0 amide bonds. The zero-order chi connectivity index (χ0) is 12.7. The van der Waals surface area contributed by atoms with Gasteiger partial charge in [0.05, 0.1) is 5.69 Å². The van der Waals surface area contributed by atoms with E-state index in [0.717, 1.165) is 41.4 Å². The molecule has 3 rings (SSSR count). The fraction of sp³-hybridized carbons (Fsp3) is 0.615. The summed E-state index contributed by atoms with van der Waals surface area (Å²) in [5.74, 6) is 2.64. The number of imidazole rings is 1. The number of nitrogens with zero attached hydrogens (tertiary/aromatic N) is 3. The Morgan fingerprint density at radius 2 is 2.39 bits per heavy atom. The van der Waals surface area contributed by atoms with Gasteiger partial charge in [0.1, 0.15) is 0 Å². The molecule has 1 fully saturated rings. The number of hydrogen-bond acceptors (Lipinski definition) is 4. The van der Waals surface area contributed by atoms with Crippen molar-refractivity contribution in [1.29, 1.82) is 0 Å². The van der Waals surface area contributed by atoms with Crippen molar-refractivity contribution in [2.45, 2.75) is 26.8 Å². The van der Waals surface area contributed by atoms with Crippen molar-refractivity contribution in [1.82, 2.24) is 9.38 Å². The molecule has 0 bridgehead atoms. The minimum absolute atomic E-state index is 0.552. The predicted molar refractivity (Wildman–Crippen MR) is 76.1 cm³/mol. The van der Waals surface area contributed by atoms with Crippen LogP contribution in [0.25, 0.3) is 4.96 Å². The van der Waals surface area contributed by atoms with Crippen LogP contribution in [-0.4, -0.2) is 22.5 Å². The van der Waals surface area contributed by atoms with E-state index in [1.807, 2.05) is 0 Å². The molecule has 1 atom stereocenters. The quantitative estimate of drug-likeness (QED) is 0.925. The van der Waals surface area contributed by atoms with E-state index in [1.165, 1.54) is 6.42 Å². The number of fused-ring (bicyclic) bond motifs is 1. The van der Waals surface area contributed by atoms with Crippen LogP contribution in [0.3, 0.4) is 0 Å². The lowest BCUT2D eigenvalue weighted by molar-refractivity contribution is 0.422. The summed E-state index contributed by atoms with van der Waals surface area (Å²) in [6.45, 7) is 7.40. The van der Waals surface area contributed by atoms with E-state index in [4.69, 9.17) is 10.7 Å². The third-order valence-electron chi connectivity index (χ3n) is 4.00. The summed E-state index contributed by atoms with van der Waals surface area (Å²) >= 11 is 1.67. The zero-order valence-electron chi connectivity index (χ0n) is 11.0. The van der Waals surface area contributed by atoms with Gasteiger partial charge in [0, 0.05) is 31.2 Å². The number of thiazole rings is 1. The van der Waals surface area contributed by atoms with Crippen molar-refractivity contribution in [3.05, 3.63) is 17.3 Å². The highest BCUT2D eigenvalue weighted by Crippen LogP contribution is 2.31. The highest BCUT2D eigenvalue weighted by atomic mass is 32.1. The highest BCUT2D eigenvalue weighted by molar-refractivity contribution is 7.15. The van der Waals surface area contributed by atoms with Crippen LogP contribution in [0.2, 0.25) is 0 Å². The van der Waals surface area contributed by atoms with Gasteiger partial charge in [-0.1, -0.05) is 13.8 Å². The van der Waals surface area contributed by atoms with Crippen LogP contribution in [0.4, 0.5) is 5.82 Å². The monoisotopic (exact) mass is 264 g/mol. The Labute approximate surface area is 111 Å². The molecule has 3 heterocycles. The second-order valence-electron chi connectivity index (χ2n) is 5.38. The van der Waals surface area contributed by atoms with Crippen LogP contribution < -0.4 is 10.6 Å². The van der Waals surface area contributed by atoms with Gasteiger partial charge in [0.25, 0.3) is 0 Å². The minimum atomic E-state index is 0.552. The summed E-state index contributed by atoms with van der Waals surface area (Å²) in [6, 6.07) is 0. The molecule has 0 radical (unpaired) electrons. The summed E-state index contributed by atoms with van der Waals surface area (Å²) in [7, 11) is 0. The maximum Gasteiger partial charge on any atom is 0.195 e.